The van der Waals surface area contributed by atoms with Crippen molar-refractivity contribution in [3.8, 4) is 34.0 Å². The van der Waals surface area contributed by atoms with E-state index >= 15 is 4.39 Å². The molecule has 1 saturated carbocycles. The van der Waals surface area contributed by atoms with E-state index in [1.807, 2.05) is 48.5 Å². The van der Waals surface area contributed by atoms with E-state index in [0.717, 1.165) is 36.1 Å². The molecule has 0 N–H and O–H groups in total. The molecule has 0 unspecified atom stereocenters. The van der Waals surface area contributed by atoms with Crippen molar-refractivity contribution in [1.82, 2.24) is 54.4 Å². The highest BCUT2D eigenvalue weighted by atomic mass is 35.5. The average molecular weight is 1400 g/mol. The summed E-state index contributed by atoms with van der Waals surface area (Å²) in [5.41, 5.74) is 4.96. The van der Waals surface area contributed by atoms with E-state index in [2.05, 4.69) is 30.0 Å². The van der Waals surface area contributed by atoms with Gasteiger partial charge >= 0.3 is 18.0 Å². The molecule has 97 heavy (non-hydrogen) atoms. The summed E-state index contributed by atoms with van der Waals surface area (Å²) >= 11 is 23.9. The first-order chi connectivity index (χ1) is 46.6. The number of halogens is 7. The number of nitrogens with zero attached hydrogens (tertiary/aromatic N) is 12. The van der Waals surface area contributed by atoms with Crippen LogP contribution in [0.5, 0.6) is 11.5 Å². The van der Waals surface area contributed by atoms with Gasteiger partial charge in [0.05, 0.1) is 105 Å². The van der Waals surface area contributed by atoms with E-state index in [4.69, 9.17) is 85.2 Å². The topological polar surface area (TPSA) is 226 Å². The second kappa shape index (κ2) is 29.2. The van der Waals surface area contributed by atoms with Crippen molar-refractivity contribution in [1.29, 1.82) is 0 Å². The van der Waals surface area contributed by atoms with Gasteiger partial charge in [0.1, 0.15) is 61.2 Å². The van der Waals surface area contributed by atoms with Gasteiger partial charge in [-0.2, -0.15) is 10.2 Å². The van der Waals surface area contributed by atoms with Crippen LogP contribution in [0.15, 0.2) is 127 Å². The Morgan fingerprint density at radius 1 is 0.536 bits per heavy atom. The zero-order valence-corrected chi connectivity index (χ0v) is 56.8. The summed E-state index contributed by atoms with van der Waals surface area (Å²) in [6.45, 7) is 6.93. The van der Waals surface area contributed by atoms with Gasteiger partial charge < -0.3 is 28.6 Å². The van der Waals surface area contributed by atoms with Crippen molar-refractivity contribution in [2.75, 3.05) is 41.5 Å². The SMILES string of the molecule is COC(=O)C1(c2cnc3c(-c4cccc(Cl)c4F)nn(Cc4ccc(OC)cc4)c3n2)CCN(C(=O)OC(C)(C)C)CC1.COC(=O)C1(c2cnc3c(n2)CN=C3c2cccc(Cl)c2F)CCCCC1.COc1ccc(Cn2nc(-c3cccc(Cl)c3F)c3ncc(Cl)nc32)cc1. The molecular weight excluding hydrogens is 1340 g/mol. The van der Waals surface area contributed by atoms with Crippen LogP contribution in [0.1, 0.15) is 105 Å². The number of carbonyl (C=O) groups excluding carboxylic acids is 3. The Morgan fingerprint density at radius 3 is 1.48 bits per heavy atom. The van der Waals surface area contributed by atoms with Crippen LogP contribution in [-0.4, -0.2) is 125 Å². The summed E-state index contributed by atoms with van der Waals surface area (Å²) in [4.78, 5) is 72.1. The van der Waals surface area contributed by atoms with Gasteiger partial charge in [-0.1, -0.05) is 108 Å². The number of benzene rings is 5. The Morgan fingerprint density at radius 2 is 0.990 bits per heavy atom. The number of piperidine rings is 1. The van der Waals surface area contributed by atoms with E-state index in [-0.39, 0.29) is 68.9 Å². The van der Waals surface area contributed by atoms with Crippen molar-refractivity contribution in [2.24, 2.45) is 4.99 Å². The van der Waals surface area contributed by atoms with Crippen LogP contribution in [-0.2, 0) is 54.3 Å². The fourth-order valence-corrected chi connectivity index (χ4v) is 12.7. The summed E-state index contributed by atoms with van der Waals surface area (Å²) in [5, 5.41) is 9.52. The number of likely N-dealkylation sites (tertiary alicyclic amines) is 1. The molecule has 2 fully saturated rings. The molecule has 1 aliphatic carbocycles. The molecule has 5 aromatic carbocycles. The zero-order valence-electron chi connectivity index (χ0n) is 53.8. The van der Waals surface area contributed by atoms with Crippen LogP contribution in [0.25, 0.3) is 44.8 Å². The lowest BCUT2D eigenvalue weighted by atomic mass is 9.72. The molecule has 1 amide bonds. The molecule has 1 saturated heterocycles. The number of amides is 1. The minimum atomic E-state index is -1.16. The molecule has 0 spiro atoms. The van der Waals surface area contributed by atoms with Crippen LogP contribution < -0.4 is 9.47 Å². The summed E-state index contributed by atoms with van der Waals surface area (Å²) in [6.07, 6.45) is 8.98. The maximum absolute atomic E-state index is 15.2. The van der Waals surface area contributed by atoms with E-state index < -0.39 is 45.9 Å². The molecular formula is C70H65Cl4F3N12O8. The standard InChI is InChI=1S/C31H33ClFN5O5.C20H19ClFN3O2.C19H13Cl2FN4O/c1-30(2,3)43-29(40)37-15-13-31(14-16-37,28(39)42-5)23-17-34-26-25(21-7-6-8-22(32)24(21)33)36-38(27(26)35-23)18-19-9-11-20(41-4)12-10-19;1-27-19(26)20(8-3-2-4-9-20)15-11-24-18-14(25-15)10-23-17(18)12-6-5-7-13(21)16(12)22;1-27-12-7-5-11(6-8-12)10-26-19-18(23-9-15(21)24-19)17(25-26)13-3-2-4-14(20)16(13)22/h6-12,17H,13-16,18H2,1-5H3;5-7,11H,2-4,8-10H2,1H3;2-9H,10H2,1H3. The number of hydrogen-bond donors (Lipinski definition) is 0. The number of carbonyl (C=O) groups is 3. The third kappa shape index (κ3) is 14.4. The second-order valence-corrected chi connectivity index (χ2v) is 25.8. The van der Waals surface area contributed by atoms with Crippen molar-refractivity contribution in [3.05, 3.63) is 199 Å². The molecule has 7 heterocycles. The van der Waals surface area contributed by atoms with E-state index in [9.17, 15) is 23.2 Å². The number of methoxy groups -OCH3 is 4. The van der Waals surface area contributed by atoms with Gasteiger partial charge in [0.2, 0.25) is 0 Å². The van der Waals surface area contributed by atoms with Crippen LogP contribution in [0.4, 0.5) is 18.0 Å². The van der Waals surface area contributed by atoms with E-state index in [0.29, 0.717) is 100 Å². The molecule has 2 aliphatic heterocycles. The molecule has 3 aliphatic rings. The summed E-state index contributed by atoms with van der Waals surface area (Å²) in [7, 11) is 5.93. The lowest BCUT2D eigenvalue weighted by Crippen LogP contribution is -2.50. The number of ether oxygens (including phenoxy) is 5. The molecule has 0 atom stereocenters. The molecule has 5 aromatic heterocycles. The Kier molecular flexibility index (Phi) is 20.8. The Hall–Kier alpha value is -9.29. The van der Waals surface area contributed by atoms with Crippen molar-refractivity contribution < 1.29 is 51.2 Å². The van der Waals surface area contributed by atoms with Crippen LogP contribution >= 0.6 is 46.4 Å². The Balaban J connectivity index is 0.000000154. The lowest BCUT2D eigenvalue weighted by Gasteiger charge is -2.39. The normalized spacial score (nSPS) is 14.7. The summed E-state index contributed by atoms with van der Waals surface area (Å²) < 4.78 is 73.7. The maximum Gasteiger partial charge on any atom is 0.410 e. The first kappa shape index (κ1) is 69.1. The monoisotopic (exact) mass is 1400 g/mol. The van der Waals surface area contributed by atoms with Crippen molar-refractivity contribution in [2.45, 2.75) is 102 Å². The highest BCUT2D eigenvalue weighted by Crippen LogP contribution is 2.42. The summed E-state index contributed by atoms with van der Waals surface area (Å²) in [6, 6.07) is 29.3. The number of rotatable bonds is 13. The predicted molar refractivity (Wildman–Crippen MR) is 361 cm³/mol. The number of hydrogen-bond acceptors (Lipinski definition) is 17. The van der Waals surface area contributed by atoms with Gasteiger partial charge in [0, 0.05) is 29.8 Å². The fourth-order valence-electron chi connectivity index (χ4n) is 12.0. The zero-order chi connectivity index (χ0) is 68.9. The number of fused-ring (bicyclic) bond motifs is 3. The smallest absolute Gasteiger partial charge is 0.410 e. The molecule has 13 rings (SSSR count). The van der Waals surface area contributed by atoms with Gasteiger partial charge in [0.15, 0.2) is 28.7 Å². The minimum Gasteiger partial charge on any atom is -0.497 e. The third-order valence-corrected chi connectivity index (χ3v) is 18.1. The first-order valence-corrected chi connectivity index (χ1v) is 32.4. The molecule has 10 aromatic rings. The number of aromatic nitrogens is 10. The average Bonchev–Trinajstić information content (AvgIpc) is 1.69. The van der Waals surface area contributed by atoms with E-state index in [1.54, 1.807) is 91.8 Å². The van der Waals surface area contributed by atoms with Crippen LogP contribution in [0.3, 0.4) is 0 Å². The number of aliphatic imine (C=N–C) groups is 1. The highest BCUT2D eigenvalue weighted by molar-refractivity contribution is 6.32. The van der Waals surface area contributed by atoms with Gasteiger partial charge in [-0.3, -0.25) is 24.5 Å². The first-order valence-electron chi connectivity index (χ1n) is 30.9. The Bertz CT molecular complexity index is 4630. The molecule has 0 bridgehead atoms. The molecule has 20 nitrogen and oxygen atoms in total. The lowest BCUT2D eigenvalue weighted by molar-refractivity contribution is -0.150. The minimum absolute atomic E-state index is 0.0206. The van der Waals surface area contributed by atoms with Crippen molar-refractivity contribution in [3.63, 3.8) is 0 Å². The van der Waals surface area contributed by atoms with Crippen LogP contribution in [0.2, 0.25) is 20.2 Å². The highest BCUT2D eigenvalue weighted by Gasteiger charge is 2.48. The van der Waals surface area contributed by atoms with Gasteiger partial charge in [0.25, 0.3) is 0 Å². The third-order valence-electron chi connectivity index (χ3n) is 17.0. The largest absolute Gasteiger partial charge is 0.497 e. The van der Waals surface area contributed by atoms with Crippen molar-refractivity contribution >= 4 is 92.5 Å². The van der Waals surface area contributed by atoms with Gasteiger partial charge in [-0.25, -0.2) is 47.3 Å². The molecule has 27 heteroatoms. The second-order valence-electron chi connectivity index (χ2n) is 24.2. The fraction of sp³-hybridized carbons (Fsp3) is 0.314. The quantitative estimate of drug-likeness (QED) is 0.0772. The van der Waals surface area contributed by atoms with Gasteiger partial charge in [-0.15, -0.1) is 0 Å². The number of esters is 2. The molecule has 0 radical (unpaired) electrons. The van der Waals surface area contributed by atoms with Gasteiger partial charge in [-0.05, 0) is 118 Å². The Labute approximate surface area is 576 Å². The predicted octanol–water partition coefficient (Wildman–Crippen LogP) is 14.8. The summed E-state index contributed by atoms with van der Waals surface area (Å²) in [5.74, 6) is -0.971. The maximum atomic E-state index is 15.2. The molecule has 502 valence electrons. The van der Waals surface area contributed by atoms with E-state index in [1.165, 1.54) is 44.8 Å². The van der Waals surface area contributed by atoms with Crippen LogP contribution in [0, 0.1) is 17.5 Å².